The van der Waals surface area contributed by atoms with Crippen molar-refractivity contribution >= 4 is 17.5 Å². The Morgan fingerprint density at radius 1 is 1.04 bits per heavy atom. The molecular weight excluding hydrogens is 352 g/mol. The second kappa shape index (κ2) is 9.72. The Morgan fingerprint density at radius 2 is 1.75 bits per heavy atom. The van der Waals surface area contributed by atoms with Crippen LogP contribution in [-0.2, 0) is 20.9 Å². The maximum atomic E-state index is 13.0. The van der Waals surface area contributed by atoms with Crippen LogP contribution in [0, 0.1) is 11.8 Å². The molecule has 0 unspecified atom stereocenters. The number of nitrogens with one attached hydrogen (secondary N) is 1. The summed E-state index contributed by atoms with van der Waals surface area (Å²) in [5.41, 5.74) is 3.51. The Hall–Kier alpha value is -3.10. The first-order valence-electron chi connectivity index (χ1n) is 9.53. The van der Waals surface area contributed by atoms with Crippen molar-refractivity contribution in [1.82, 2.24) is 5.32 Å². The summed E-state index contributed by atoms with van der Waals surface area (Å²) in [6.07, 6.45) is 0.293. The average molecular weight is 376 g/mol. The Kier molecular flexibility index (Phi) is 6.83. The summed E-state index contributed by atoms with van der Waals surface area (Å²) in [5.74, 6) is 6.14. The molecule has 0 saturated carbocycles. The molecule has 28 heavy (non-hydrogen) atoms. The summed E-state index contributed by atoms with van der Waals surface area (Å²) < 4.78 is 5.20. The molecule has 0 aromatic heterocycles. The maximum absolute atomic E-state index is 13.0. The summed E-state index contributed by atoms with van der Waals surface area (Å²) >= 11 is 0. The van der Waals surface area contributed by atoms with Crippen LogP contribution in [0.15, 0.2) is 48.5 Å². The van der Waals surface area contributed by atoms with E-state index >= 15 is 0 Å². The van der Waals surface area contributed by atoms with Crippen molar-refractivity contribution in [3.05, 3.63) is 65.2 Å². The number of carbonyl (C=O) groups excluding carboxylic acids is 2. The molecule has 0 bridgehead atoms. The Balaban J connectivity index is 1.73. The van der Waals surface area contributed by atoms with Gasteiger partial charge in [-0.3, -0.25) is 9.59 Å². The molecule has 0 fully saturated rings. The van der Waals surface area contributed by atoms with Crippen molar-refractivity contribution in [1.29, 1.82) is 0 Å². The van der Waals surface area contributed by atoms with Crippen LogP contribution in [0.25, 0.3) is 0 Å². The fourth-order valence-electron chi connectivity index (χ4n) is 3.06. The van der Waals surface area contributed by atoms with Crippen molar-refractivity contribution in [3.8, 4) is 11.8 Å². The molecule has 0 aliphatic carbocycles. The van der Waals surface area contributed by atoms with Gasteiger partial charge < -0.3 is 15.0 Å². The number of benzene rings is 2. The zero-order valence-electron chi connectivity index (χ0n) is 16.0. The maximum Gasteiger partial charge on any atom is 0.227 e. The lowest BCUT2D eigenvalue weighted by molar-refractivity contribution is -0.125. The number of hydrogen-bond donors (Lipinski definition) is 1. The van der Waals surface area contributed by atoms with Crippen molar-refractivity contribution in [2.75, 3.05) is 24.7 Å². The number of nitrogens with zero attached hydrogens (tertiary/aromatic N) is 1. The van der Waals surface area contributed by atoms with E-state index in [0.29, 0.717) is 26.3 Å². The molecule has 0 radical (unpaired) electrons. The molecule has 5 heteroatoms. The van der Waals surface area contributed by atoms with Gasteiger partial charge >= 0.3 is 0 Å². The van der Waals surface area contributed by atoms with Gasteiger partial charge in [-0.15, -0.1) is 0 Å². The van der Waals surface area contributed by atoms with Crippen molar-refractivity contribution in [3.63, 3.8) is 0 Å². The fourth-order valence-corrected chi connectivity index (χ4v) is 3.06. The van der Waals surface area contributed by atoms with Crippen LogP contribution in [0.3, 0.4) is 0 Å². The third-order valence-corrected chi connectivity index (χ3v) is 4.51. The molecule has 144 valence electrons. The van der Waals surface area contributed by atoms with Gasteiger partial charge in [0.15, 0.2) is 0 Å². The highest BCUT2D eigenvalue weighted by Gasteiger charge is 2.21. The van der Waals surface area contributed by atoms with Crippen LogP contribution in [0.5, 0.6) is 0 Å². The number of carbonyl (C=O) groups is 2. The van der Waals surface area contributed by atoms with Gasteiger partial charge in [-0.05, 0) is 30.7 Å². The smallest absolute Gasteiger partial charge is 0.227 e. The van der Waals surface area contributed by atoms with E-state index in [9.17, 15) is 9.59 Å². The second-order valence-electron chi connectivity index (χ2n) is 6.45. The summed E-state index contributed by atoms with van der Waals surface area (Å²) in [6.45, 7) is 3.89. The lowest BCUT2D eigenvalue weighted by Crippen LogP contribution is -2.33. The van der Waals surface area contributed by atoms with E-state index in [1.807, 2.05) is 55.5 Å². The Bertz CT molecular complexity index is 911. The summed E-state index contributed by atoms with van der Waals surface area (Å²) in [4.78, 5) is 26.7. The first-order chi connectivity index (χ1) is 13.7. The Morgan fingerprint density at radius 3 is 2.57 bits per heavy atom. The number of rotatable bonds is 7. The van der Waals surface area contributed by atoms with Crippen LogP contribution < -0.4 is 10.2 Å². The predicted octanol–water partition coefficient (Wildman–Crippen LogP) is 2.87. The van der Waals surface area contributed by atoms with E-state index in [-0.39, 0.29) is 24.7 Å². The standard InChI is InChI=1S/C23H24N2O3/c1-2-28-16-15-24-22(26)13-14-23(27)25-17-20-9-4-3-7-18(20)11-12-19-8-5-6-10-21(19)25/h3-10H,2,13-17H2,1H3,(H,24,26). The molecule has 2 aromatic carbocycles. The molecule has 0 atom stereocenters. The van der Waals surface area contributed by atoms with Crippen LogP contribution in [0.1, 0.15) is 36.5 Å². The third-order valence-electron chi connectivity index (χ3n) is 4.51. The first kappa shape index (κ1) is 19.7. The van der Waals surface area contributed by atoms with Gasteiger partial charge in [0.05, 0.1) is 18.8 Å². The topological polar surface area (TPSA) is 58.6 Å². The molecule has 1 aliphatic rings. The lowest BCUT2D eigenvalue weighted by Gasteiger charge is -2.26. The summed E-state index contributed by atoms with van der Waals surface area (Å²) in [7, 11) is 0. The molecule has 3 rings (SSSR count). The molecule has 1 N–H and O–H groups in total. The van der Waals surface area contributed by atoms with Crippen molar-refractivity contribution in [2.45, 2.75) is 26.3 Å². The highest BCUT2D eigenvalue weighted by atomic mass is 16.5. The second-order valence-corrected chi connectivity index (χ2v) is 6.45. The van der Waals surface area contributed by atoms with Gasteiger partial charge in [0, 0.05) is 37.1 Å². The number of para-hydroxylation sites is 1. The zero-order valence-corrected chi connectivity index (χ0v) is 16.0. The van der Waals surface area contributed by atoms with Crippen LogP contribution >= 0.6 is 0 Å². The largest absolute Gasteiger partial charge is 0.380 e. The summed E-state index contributed by atoms with van der Waals surface area (Å²) in [5, 5.41) is 2.78. The number of fused-ring (bicyclic) bond motifs is 2. The van der Waals surface area contributed by atoms with E-state index in [1.54, 1.807) is 4.90 Å². The molecule has 2 amide bonds. The molecule has 1 aliphatic heterocycles. The van der Waals surface area contributed by atoms with E-state index in [4.69, 9.17) is 4.74 Å². The zero-order chi connectivity index (χ0) is 19.8. The van der Waals surface area contributed by atoms with Gasteiger partial charge in [-0.1, -0.05) is 42.2 Å². The molecule has 0 spiro atoms. The SMILES string of the molecule is CCOCCNC(=O)CCC(=O)N1Cc2ccccc2C#Cc2ccccc21. The number of amides is 2. The molecular formula is C23H24N2O3. The van der Waals surface area contributed by atoms with E-state index in [0.717, 1.165) is 22.4 Å². The highest BCUT2D eigenvalue weighted by Crippen LogP contribution is 2.26. The van der Waals surface area contributed by atoms with Crippen LogP contribution in [-0.4, -0.2) is 31.6 Å². The van der Waals surface area contributed by atoms with Crippen LogP contribution in [0.4, 0.5) is 5.69 Å². The normalized spacial score (nSPS) is 12.0. The minimum Gasteiger partial charge on any atom is -0.380 e. The van der Waals surface area contributed by atoms with Gasteiger partial charge in [-0.25, -0.2) is 0 Å². The van der Waals surface area contributed by atoms with Crippen molar-refractivity contribution < 1.29 is 14.3 Å². The monoisotopic (exact) mass is 376 g/mol. The van der Waals surface area contributed by atoms with Gasteiger partial charge in [-0.2, -0.15) is 0 Å². The lowest BCUT2D eigenvalue weighted by atomic mass is 10.0. The van der Waals surface area contributed by atoms with E-state index in [2.05, 4.69) is 17.2 Å². The molecule has 1 heterocycles. The van der Waals surface area contributed by atoms with Crippen molar-refractivity contribution in [2.24, 2.45) is 0 Å². The van der Waals surface area contributed by atoms with Crippen LogP contribution in [0.2, 0.25) is 0 Å². The fraction of sp³-hybridized carbons (Fsp3) is 0.304. The number of ether oxygens (including phenoxy) is 1. The average Bonchev–Trinajstić information content (AvgIpc) is 2.71. The highest BCUT2D eigenvalue weighted by molar-refractivity contribution is 5.96. The number of anilines is 1. The minimum absolute atomic E-state index is 0.0917. The predicted molar refractivity (Wildman–Crippen MR) is 109 cm³/mol. The van der Waals surface area contributed by atoms with E-state index in [1.165, 1.54) is 0 Å². The van der Waals surface area contributed by atoms with Gasteiger partial charge in [0.25, 0.3) is 0 Å². The van der Waals surface area contributed by atoms with Gasteiger partial charge in [0.1, 0.15) is 0 Å². The first-order valence-corrected chi connectivity index (χ1v) is 9.53. The minimum atomic E-state index is -0.145. The molecule has 0 saturated heterocycles. The summed E-state index contributed by atoms with van der Waals surface area (Å²) in [6, 6.07) is 15.5. The molecule has 2 aromatic rings. The number of hydrogen-bond acceptors (Lipinski definition) is 3. The Labute approximate surface area is 165 Å². The quantitative estimate of drug-likeness (QED) is 0.597. The van der Waals surface area contributed by atoms with Gasteiger partial charge in [0.2, 0.25) is 11.8 Å². The third kappa shape index (κ3) is 4.99. The van der Waals surface area contributed by atoms with E-state index < -0.39 is 0 Å². The molecule has 5 nitrogen and oxygen atoms in total.